The topological polar surface area (TPSA) is 15.3 Å². The minimum atomic E-state index is 0.543. The van der Waals surface area contributed by atoms with Crippen LogP contribution in [0.2, 0.25) is 0 Å². The van der Waals surface area contributed by atoms with Crippen molar-refractivity contribution in [3.63, 3.8) is 0 Å². The molecule has 112 valence electrons. The summed E-state index contributed by atoms with van der Waals surface area (Å²) in [6.07, 6.45) is 6.74. The Balaban J connectivity index is 1.78. The van der Waals surface area contributed by atoms with E-state index >= 15 is 0 Å². The van der Waals surface area contributed by atoms with Crippen LogP contribution in [-0.2, 0) is 0 Å². The van der Waals surface area contributed by atoms with Crippen LogP contribution in [0.15, 0.2) is 15.9 Å². The van der Waals surface area contributed by atoms with E-state index in [1.54, 1.807) is 0 Å². The molecule has 3 atom stereocenters. The molecule has 2 fully saturated rings. The largest absolute Gasteiger partial charge is 0.309 e. The summed E-state index contributed by atoms with van der Waals surface area (Å²) in [6.45, 7) is 3.38. The van der Waals surface area contributed by atoms with Gasteiger partial charge in [-0.3, -0.25) is 0 Å². The number of hydrogen-bond donors (Lipinski definition) is 1. The van der Waals surface area contributed by atoms with Gasteiger partial charge in [0.15, 0.2) is 0 Å². The second-order valence-corrected chi connectivity index (χ2v) is 8.15. The molecular formula is C16H25BrN2S. The molecule has 0 saturated carbocycles. The highest BCUT2D eigenvalue weighted by molar-refractivity contribution is 9.10. The molecule has 3 heterocycles. The first-order valence-electron chi connectivity index (χ1n) is 7.89. The molecule has 2 aliphatic heterocycles. The first kappa shape index (κ1) is 15.0. The number of piperidine rings is 1. The zero-order valence-electron chi connectivity index (χ0n) is 12.4. The Morgan fingerprint density at radius 2 is 2.10 bits per heavy atom. The van der Waals surface area contributed by atoms with Gasteiger partial charge in [0.05, 0.1) is 0 Å². The van der Waals surface area contributed by atoms with E-state index in [9.17, 15) is 0 Å². The fraction of sp³-hybridized carbons (Fsp3) is 0.750. The summed E-state index contributed by atoms with van der Waals surface area (Å²) in [7, 11) is 2.33. The Bertz CT molecular complexity index is 433. The Labute approximate surface area is 135 Å². The predicted molar refractivity (Wildman–Crippen MR) is 90.4 cm³/mol. The first-order chi connectivity index (χ1) is 9.70. The summed E-state index contributed by atoms with van der Waals surface area (Å²) < 4.78 is 1.29. The van der Waals surface area contributed by atoms with E-state index in [0.29, 0.717) is 6.04 Å². The second-order valence-electron chi connectivity index (χ2n) is 6.35. The van der Waals surface area contributed by atoms with Crippen LogP contribution in [0.4, 0.5) is 0 Å². The zero-order valence-corrected chi connectivity index (χ0v) is 14.8. The molecule has 2 nitrogen and oxygen atoms in total. The Morgan fingerprint density at radius 1 is 1.40 bits per heavy atom. The number of halogens is 1. The van der Waals surface area contributed by atoms with Crippen LogP contribution in [0.5, 0.6) is 0 Å². The number of nitrogens with zero attached hydrogens (tertiary/aromatic N) is 1. The van der Waals surface area contributed by atoms with E-state index in [2.05, 4.69) is 51.6 Å². The molecule has 2 saturated heterocycles. The highest BCUT2D eigenvalue weighted by Gasteiger charge is 2.41. The molecule has 20 heavy (non-hydrogen) atoms. The van der Waals surface area contributed by atoms with Gasteiger partial charge in [-0.15, -0.1) is 11.3 Å². The Hall–Kier alpha value is 0.1000. The second kappa shape index (κ2) is 6.47. The number of hydrogen-bond acceptors (Lipinski definition) is 3. The first-order valence-corrected chi connectivity index (χ1v) is 9.56. The summed E-state index contributed by atoms with van der Waals surface area (Å²) in [5.74, 6) is 0.796. The summed E-state index contributed by atoms with van der Waals surface area (Å²) in [6, 6.07) is 4.39. The van der Waals surface area contributed by atoms with Crippen molar-refractivity contribution in [3.8, 4) is 0 Å². The summed E-state index contributed by atoms with van der Waals surface area (Å²) in [5, 5.41) is 6.04. The van der Waals surface area contributed by atoms with Crippen molar-refractivity contribution >= 4 is 27.3 Å². The minimum Gasteiger partial charge on any atom is -0.309 e. The van der Waals surface area contributed by atoms with E-state index in [-0.39, 0.29) is 0 Å². The molecule has 0 amide bonds. The third-order valence-corrected chi connectivity index (χ3v) is 7.10. The molecule has 2 bridgehead atoms. The molecule has 0 aliphatic carbocycles. The van der Waals surface area contributed by atoms with Gasteiger partial charge in [0.25, 0.3) is 0 Å². The highest BCUT2D eigenvalue weighted by Crippen LogP contribution is 2.44. The number of fused-ring (bicyclic) bond motifs is 2. The van der Waals surface area contributed by atoms with E-state index in [1.807, 2.05) is 11.3 Å². The van der Waals surface area contributed by atoms with Crippen molar-refractivity contribution in [3.05, 3.63) is 20.8 Å². The van der Waals surface area contributed by atoms with E-state index in [0.717, 1.165) is 24.5 Å². The maximum atomic E-state index is 3.83. The van der Waals surface area contributed by atoms with Crippen molar-refractivity contribution in [2.24, 2.45) is 5.92 Å². The van der Waals surface area contributed by atoms with Gasteiger partial charge in [-0.2, -0.15) is 0 Å². The van der Waals surface area contributed by atoms with Gasteiger partial charge in [-0.25, -0.2) is 0 Å². The molecule has 4 heteroatoms. The minimum absolute atomic E-state index is 0.543. The van der Waals surface area contributed by atoms with Crippen LogP contribution in [0.3, 0.4) is 0 Å². The number of thiophene rings is 1. The third-order valence-electron chi connectivity index (χ3n) is 5.15. The Morgan fingerprint density at radius 3 is 2.65 bits per heavy atom. The van der Waals surface area contributed by atoms with Gasteiger partial charge in [0, 0.05) is 27.5 Å². The summed E-state index contributed by atoms with van der Waals surface area (Å²) in [5.41, 5.74) is 0. The van der Waals surface area contributed by atoms with Gasteiger partial charge >= 0.3 is 0 Å². The quantitative estimate of drug-likeness (QED) is 0.839. The molecule has 1 aromatic heterocycles. The van der Waals surface area contributed by atoms with Crippen molar-refractivity contribution < 1.29 is 0 Å². The van der Waals surface area contributed by atoms with Crippen LogP contribution in [0.1, 0.15) is 49.9 Å². The van der Waals surface area contributed by atoms with Gasteiger partial charge < -0.3 is 10.2 Å². The number of rotatable bonds is 5. The molecule has 3 rings (SSSR count). The molecule has 0 spiro atoms. The van der Waals surface area contributed by atoms with Gasteiger partial charge in [-0.05, 0) is 79.0 Å². The molecule has 3 unspecified atom stereocenters. The molecule has 0 aromatic carbocycles. The normalized spacial score (nSPS) is 31.6. The lowest BCUT2D eigenvalue weighted by Crippen LogP contribution is -2.43. The van der Waals surface area contributed by atoms with E-state index in [4.69, 9.17) is 0 Å². The standard InChI is InChI=1S/C16H25BrN2S/c1-3-7-18-15(16-14(17)6-8-20-16)11-9-12-4-5-13(10-11)19(12)2/h6,8,11-13,15,18H,3-5,7,9-10H2,1-2H3. The fourth-order valence-electron chi connectivity index (χ4n) is 4.03. The van der Waals surface area contributed by atoms with Crippen LogP contribution in [0, 0.1) is 5.92 Å². The summed E-state index contributed by atoms with van der Waals surface area (Å²) >= 11 is 5.65. The smallest absolute Gasteiger partial charge is 0.0456 e. The molecule has 1 N–H and O–H groups in total. The van der Waals surface area contributed by atoms with Crippen LogP contribution < -0.4 is 5.32 Å². The van der Waals surface area contributed by atoms with Crippen molar-refractivity contribution in [2.45, 2.75) is 57.2 Å². The maximum absolute atomic E-state index is 3.83. The van der Waals surface area contributed by atoms with Crippen molar-refractivity contribution in [2.75, 3.05) is 13.6 Å². The summed E-state index contributed by atoms with van der Waals surface area (Å²) in [4.78, 5) is 4.14. The average molecular weight is 357 g/mol. The van der Waals surface area contributed by atoms with E-state index < -0.39 is 0 Å². The van der Waals surface area contributed by atoms with Crippen molar-refractivity contribution in [1.29, 1.82) is 0 Å². The molecule has 1 aromatic rings. The lowest BCUT2D eigenvalue weighted by atomic mass is 9.84. The molecular weight excluding hydrogens is 332 g/mol. The lowest BCUT2D eigenvalue weighted by Gasteiger charge is -2.40. The molecule has 2 aliphatic rings. The average Bonchev–Trinajstić information content (AvgIpc) is 2.92. The highest BCUT2D eigenvalue weighted by atomic mass is 79.9. The van der Waals surface area contributed by atoms with Gasteiger partial charge in [-0.1, -0.05) is 6.92 Å². The van der Waals surface area contributed by atoms with Crippen molar-refractivity contribution in [1.82, 2.24) is 10.2 Å². The van der Waals surface area contributed by atoms with Gasteiger partial charge in [0.2, 0.25) is 0 Å². The maximum Gasteiger partial charge on any atom is 0.0456 e. The predicted octanol–water partition coefficient (Wildman–Crippen LogP) is 4.42. The monoisotopic (exact) mass is 356 g/mol. The zero-order chi connectivity index (χ0) is 14.1. The van der Waals surface area contributed by atoms with Crippen LogP contribution in [0.25, 0.3) is 0 Å². The molecule has 0 radical (unpaired) electrons. The lowest BCUT2D eigenvalue weighted by molar-refractivity contribution is 0.113. The Kier molecular flexibility index (Phi) is 4.86. The van der Waals surface area contributed by atoms with Crippen LogP contribution in [-0.4, -0.2) is 30.6 Å². The van der Waals surface area contributed by atoms with E-state index in [1.165, 1.54) is 41.5 Å². The SMILES string of the molecule is CCCNC(c1sccc1Br)C1CC2CCC(C1)N2C. The van der Waals surface area contributed by atoms with Gasteiger partial charge in [0.1, 0.15) is 0 Å². The van der Waals surface area contributed by atoms with Crippen LogP contribution >= 0.6 is 27.3 Å². The fourth-order valence-corrected chi connectivity index (χ4v) is 5.81. The number of nitrogens with one attached hydrogen (secondary N) is 1. The third kappa shape index (κ3) is 2.85.